The fourth-order valence-corrected chi connectivity index (χ4v) is 2.38. The van der Waals surface area contributed by atoms with Gasteiger partial charge in [-0.25, -0.2) is 0 Å². The summed E-state index contributed by atoms with van der Waals surface area (Å²) < 4.78 is 23.9. The summed E-state index contributed by atoms with van der Waals surface area (Å²) in [4.78, 5) is 34.3. The quantitative estimate of drug-likeness (QED) is 0.234. The van der Waals surface area contributed by atoms with E-state index in [9.17, 15) is 14.4 Å². The van der Waals surface area contributed by atoms with Crippen molar-refractivity contribution in [2.45, 2.75) is 62.2 Å². The zero-order valence-corrected chi connectivity index (χ0v) is 16.6. The normalized spacial score (nSPS) is 28.7. The lowest BCUT2D eigenvalue weighted by atomic mass is 9.99. The summed E-state index contributed by atoms with van der Waals surface area (Å²) in [7, 11) is 0. The Hall–Kier alpha value is -1.29. The Morgan fingerprint density at radius 2 is 1.27 bits per heavy atom. The molecule has 1 aliphatic heterocycles. The molecule has 5 atom stereocenters. The second kappa shape index (κ2) is 9.07. The fraction of sp³-hybridized carbons (Fsp3) is 0.714. The molecule has 1 aliphatic rings. The number of halogens is 3. The molecule has 0 amide bonds. The van der Waals surface area contributed by atoms with Gasteiger partial charge in [-0.2, -0.15) is 0 Å². The number of ether oxygens (including phenoxy) is 5. The Morgan fingerprint density at radius 1 is 0.846 bits per heavy atom. The molecule has 1 fully saturated rings. The van der Waals surface area contributed by atoms with E-state index in [0.717, 1.165) is 20.8 Å². The summed E-state index contributed by atoms with van der Waals surface area (Å²) in [6.45, 7) is 4.87. The van der Waals surface area contributed by atoms with Crippen molar-refractivity contribution in [1.82, 2.24) is 0 Å². The van der Waals surface area contributed by atoms with Gasteiger partial charge in [0, 0.05) is 20.8 Å². The van der Waals surface area contributed by atoms with E-state index in [2.05, 4.69) is 0 Å². The van der Waals surface area contributed by atoms with E-state index in [4.69, 9.17) is 63.9 Å². The van der Waals surface area contributed by atoms with E-state index in [0.29, 0.717) is 0 Å². The molecule has 0 aromatic carbocycles. The number of nitrogens with one attached hydrogen (secondary N) is 1. The van der Waals surface area contributed by atoms with Crippen molar-refractivity contribution in [3.05, 3.63) is 0 Å². The van der Waals surface area contributed by atoms with Crippen LogP contribution in [0.4, 0.5) is 0 Å². The minimum Gasteiger partial charge on any atom is -0.456 e. The van der Waals surface area contributed by atoms with Crippen LogP contribution in [-0.4, -0.2) is 58.3 Å². The second-order valence-corrected chi connectivity index (χ2v) is 7.66. The van der Waals surface area contributed by atoms with Crippen molar-refractivity contribution in [3.63, 3.8) is 0 Å². The topological polar surface area (TPSA) is 121 Å². The molecular formula is C14H18Cl3NO8. The molecule has 0 saturated carbocycles. The van der Waals surface area contributed by atoms with E-state index >= 15 is 0 Å². The zero-order chi connectivity index (χ0) is 20.2. The van der Waals surface area contributed by atoms with E-state index in [1.807, 2.05) is 0 Å². The van der Waals surface area contributed by atoms with Crippen LogP contribution in [0, 0.1) is 5.41 Å². The molecule has 0 aliphatic carbocycles. The lowest BCUT2D eigenvalue weighted by Crippen LogP contribution is -2.61. The van der Waals surface area contributed by atoms with Gasteiger partial charge in [-0.1, -0.05) is 34.8 Å². The Kier molecular flexibility index (Phi) is 7.94. The van der Waals surface area contributed by atoms with Crippen LogP contribution in [0.2, 0.25) is 0 Å². The smallest absolute Gasteiger partial charge is 0.303 e. The average molecular weight is 435 g/mol. The molecule has 9 nitrogen and oxygen atoms in total. The number of carbonyl (C=O) groups is 3. The van der Waals surface area contributed by atoms with Crippen molar-refractivity contribution in [1.29, 1.82) is 5.41 Å². The molecule has 12 heteroatoms. The molecule has 148 valence electrons. The highest BCUT2D eigenvalue weighted by Crippen LogP contribution is 2.33. The third kappa shape index (κ3) is 6.46. The van der Waals surface area contributed by atoms with Crippen molar-refractivity contribution in [2.24, 2.45) is 0 Å². The molecule has 0 radical (unpaired) electrons. The van der Waals surface area contributed by atoms with Crippen molar-refractivity contribution in [3.8, 4) is 0 Å². The first kappa shape index (κ1) is 22.8. The molecule has 0 spiro atoms. The first-order chi connectivity index (χ1) is 11.8. The molecule has 26 heavy (non-hydrogen) atoms. The second-order valence-electron chi connectivity index (χ2n) is 5.38. The van der Waals surface area contributed by atoms with Gasteiger partial charge in [0.1, 0.15) is 0 Å². The van der Waals surface area contributed by atoms with Gasteiger partial charge in [-0.15, -0.1) is 0 Å². The van der Waals surface area contributed by atoms with Crippen molar-refractivity contribution in [2.75, 3.05) is 0 Å². The Bertz CT molecular complexity index is 579. The van der Waals surface area contributed by atoms with Gasteiger partial charge in [0.25, 0.3) is 3.79 Å². The number of carbonyl (C=O) groups excluding carboxylic acids is 3. The number of rotatable bonds is 4. The third-order valence-electron chi connectivity index (χ3n) is 3.12. The number of hydrogen-bond acceptors (Lipinski definition) is 9. The number of hydrogen-bond donors (Lipinski definition) is 1. The molecule has 1 heterocycles. The summed E-state index contributed by atoms with van der Waals surface area (Å²) in [6, 6.07) is 0. The third-order valence-corrected chi connectivity index (χ3v) is 3.64. The summed E-state index contributed by atoms with van der Waals surface area (Å²) in [5, 5.41) is 7.65. The predicted octanol–water partition coefficient (Wildman–Crippen LogP) is 1.89. The van der Waals surface area contributed by atoms with Crippen LogP contribution in [0.25, 0.3) is 0 Å². The van der Waals surface area contributed by atoms with E-state index in [1.165, 1.54) is 6.92 Å². The van der Waals surface area contributed by atoms with Crippen molar-refractivity contribution >= 4 is 58.6 Å². The summed E-state index contributed by atoms with van der Waals surface area (Å²) >= 11 is 16.7. The first-order valence-electron chi connectivity index (χ1n) is 7.32. The molecule has 0 bridgehead atoms. The molecular weight excluding hydrogens is 417 g/mol. The standard InChI is InChI=1S/C14H18Cl3NO8/c1-5-9(23-6(2)19)10(24-7(3)20)11(25-8(4)21)12(22-5)26-13(18)14(15,16)17/h5,9-12,18H,1-4H3/t5?,9-,10?,11?,12-/m0/s1. The van der Waals surface area contributed by atoms with Crippen LogP contribution in [0.1, 0.15) is 27.7 Å². The molecule has 1 rings (SSSR count). The predicted molar refractivity (Wildman–Crippen MR) is 90.1 cm³/mol. The van der Waals surface area contributed by atoms with Crippen LogP contribution in [0.5, 0.6) is 0 Å². The highest BCUT2D eigenvalue weighted by Gasteiger charge is 2.52. The molecule has 1 saturated heterocycles. The Morgan fingerprint density at radius 3 is 1.69 bits per heavy atom. The van der Waals surface area contributed by atoms with Gasteiger partial charge in [0.15, 0.2) is 12.2 Å². The maximum Gasteiger partial charge on any atom is 0.303 e. The maximum absolute atomic E-state index is 11.5. The van der Waals surface area contributed by atoms with Gasteiger partial charge in [0.05, 0.1) is 6.10 Å². The van der Waals surface area contributed by atoms with Gasteiger partial charge in [-0.3, -0.25) is 19.8 Å². The highest BCUT2D eigenvalue weighted by molar-refractivity contribution is 6.76. The van der Waals surface area contributed by atoms with Crippen LogP contribution < -0.4 is 0 Å². The average Bonchev–Trinajstić information content (AvgIpc) is 2.44. The molecule has 0 aromatic rings. The van der Waals surface area contributed by atoms with Crippen LogP contribution in [0.15, 0.2) is 0 Å². The molecule has 1 N–H and O–H groups in total. The summed E-state index contributed by atoms with van der Waals surface area (Å²) in [6.07, 6.45) is -6.05. The fourth-order valence-electron chi connectivity index (χ4n) is 2.25. The summed E-state index contributed by atoms with van der Waals surface area (Å²) in [5.74, 6) is -2.96. The lowest BCUT2D eigenvalue weighted by molar-refractivity contribution is -0.284. The van der Waals surface area contributed by atoms with E-state index < -0.39 is 58.3 Å². The number of alkyl halides is 3. The molecule has 0 aromatic heterocycles. The van der Waals surface area contributed by atoms with Crippen LogP contribution in [-0.2, 0) is 38.1 Å². The molecule has 3 unspecified atom stereocenters. The van der Waals surface area contributed by atoms with Crippen LogP contribution >= 0.6 is 34.8 Å². The zero-order valence-electron chi connectivity index (χ0n) is 14.3. The van der Waals surface area contributed by atoms with E-state index in [-0.39, 0.29) is 0 Å². The Balaban J connectivity index is 3.21. The monoisotopic (exact) mass is 433 g/mol. The maximum atomic E-state index is 11.5. The highest BCUT2D eigenvalue weighted by atomic mass is 35.6. The summed E-state index contributed by atoms with van der Waals surface area (Å²) in [5.41, 5.74) is 0. The van der Waals surface area contributed by atoms with Gasteiger partial charge >= 0.3 is 17.9 Å². The van der Waals surface area contributed by atoms with Gasteiger partial charge < -0.3 is 23.7 Å². The minimum absolute atomic E-state index is 0.669. The minimum atomic E-state index is -2.20. The van der Waals surface area contributed by atoms with Crippen LogP contribution in [0.3, 0.4) is 0 Å². The van der Waals surface area contributed by atoms with Gasteiger partial charge in [0.2, 0.25) is 18.3 Å². The lowest BCUT2D eigenvalue weighted by Gasteiger charge is -2.43. The van der Waals surface area contributed by atoms with Crippen molar-refractivity contribution < 1.29 is 38.1 Å². The Labute approximate surface area is 164 Å². The van der Waals surface area contributed by atoms with E-state index in [1.54, 1.807) is 0 Å². The SMILES string of the molecule is CC(=O)OC1C(OC(C)=O)[C@@H](OC(C)=O)C(C)O[C@H]1OC(=N)C(Cl)(Cl)Cl. The number of esters is 3. The largest absolute Gasteiger partial charge is 0.456 e. The first-order valence-corrected chi connectivity index (χ1v) is 8.45. The van der Waals surface area contributed by atoms with Gasteiger partial charge in [-0.05, 0) is 6.92 Å².